The summed E-state index contributed by atoms with van der Waals surface area (Å²) >= 11 is 0. The topological polar surface area (TPSA) is 29.3 Å². The fraction of sp³-hybridized carbons (Fsp3) is 0.333. The van der Waals surface area contributed by atoms with Gasteiger partial charge in [0.25, 0.3) is 0 Å². The molecule has 0 bridgehead atoms. The van der Waals surface area contributed by atoms with Gasteiger partial charge in [0, 0.05) is 19.8 Å². The van der Waals surface area contributed by atoms with E-state index in [1.165, 1.54) is 23.2 Å². The molecular formula is C18H24N2. The maximum absolute atomic E-state index is 6.39. The minimum absolute atomic E-state index is 0.0643. The van der Waals surface area contributed by atoms with Crippen molar-refractivity contribution in [3.05, 3.63) is 65.2 Å². The third-order valence-electron chi connectivity index (χ3n) is 3.62. The summed E-state index contributed by atoms with van der Waals surface area (Å²) in [5, 5.41) is 0. The SMILES string of the molecule is CCCc1ccc(C(N)c2cccc(N(C)C)c2)cc1. The highest BCUT2D eigenvalue weighted by atomic mass is 15.1. The molecule has 0 saturated carbocycles. The predicted molar refractivity (Wildman–Crippen MR) is 87.2 cm³/mol. The second-order valence-corrected chi connectivity index (χ2v) is 5.46. The van der Waals surface area contributed by atoms with Crippen molar-refractivity contribution in [2.24, 2.45) is 5.73 Å². The van der Waals surface area contributed by atoms with Gasteiger partial charge in [0.2, 0.25) is 0 Å². The van der Waals surface area contributed by atoms with Crippen LogP contribution >= 0.6 is 0 Å². The van der Waals surface area contributed by atoms with Crippen LogP contribution in [0.4, 0.5) is 5.69 Å². The van der Waals surface area contributed by atoms with Crippen LogP contribution in [0.2, 0.25) is 0 Å². The summed E-state index contributed by atoms with van der Waals surface area (Å²) in [6.07, 6.45) is 2.31. The van der Waals surface area contributed by atoms with Gasteiger partial charge in [-0.1, -0.05) is 49.7 Å². The molecule has 2 aromatic carbocycles. The Balaban J connectivity index is 2.21. The van der Waals surface area contributed by atoms with E-state index in [4.69, 9.17) is 5.73 Å². The van der Waals surface area contributed by atoms with E-state index < -0.39 is 0 Å². The Bertz CT molecular complexity index is 544. The summed E-state index contributed by atoms with van der Waals surface area (Å²) in [5.41, 5.74) is 11.3. The van der Waals surface area contributed by atoms with Gasteiger partial charge >= 0.3 is 0 Å². The molecule has 106 valence electrons. The first-order chi connectivity index (χ1) is 9.61. The molecule has 0 aromatic heterocycles. The van der Waals surface area contributed by atoms with Crippen LogP contribution in [0.1, 0.15) is 36.1 Å². The predicted octanol–water partition coefficient (Wildman–Crippen LogP) is 3.75. The summed E-state index contributed by atoms with van der Waals surface area (Å²) in [7, 11) is 4.09. The highest BCUT2D eigenvalue weighted by molar-refractivity contribution is 5.49. The first-order valence-corrected chi connectivity index (χ1v) is 7.23. The zero-order chi connectivity index (χ0) is 14.5. The molecule has 0 heterocycles. The molecule has 2 heteroatoms. The number of hydrogen-bond acceptors (Lipinski definition) is 2. The van der Waals surface area contributed by atoms with Crippen molar-refractivity contribution in [2.45, 2.75) is 25.8 Å². The van der Waals surface area contributed by atoms with Crippen molar-refractivity contribution < 1.29 is 0 Å². The molecule has 2 nitrogen and oxygen atoms in total. The van der Waals surface area contributed by atoms with Crippen LogP contribution < -0.4 is 10.6 Å². The van der Waals surface area contributed by atoms with Crippen LogP contribution in [-0.4, -0.2) is 14.1 Å². The number of nitrogens with two attached hydrogens (primary N) is 1. The third-order valence-corrected chi connectivity index (χ3v) is 3.62. The lowest BCUT2D eigenvalue weighted by Crippen LogP contribution is -2.14. The fourth-order valence-electron chi connectivity index (χ4n) is 2.37. The number of rotatable bonds is 5. The molecule has 1 atom stereocenters. The highest BCUT2D eigenvalue weighted by Crippen LogP contribution is 2.23. The van der Waals surface area contributed by atoms with E-state index in [-0.39, 0.29) is 6.04 Å². The Kier molecular flexibility index (Phi) is 4.80. The minimum atomic E-state index is -0.0643. The first kappa shape index (κ1) is 14.6. The van der Waals surface area contributed by atoms with Crippen LogP contribution in [0.5, 0.6) is 0 Å². The average Bonchev–Trinajstić information content (AvgIpc) is 2.48. The summed E-state index contributed by atoms with van der Waals surface area (Å²) in [4.78, 5) is 2.10. The molecule has 0 radical (unpaired) electrons. The number of aryl methyl sites for hydroxylation is 1. The van der Waals surface area contributed by atoms with Crippen LogP contribution in [0.15, 0.2) is 48.5 Å². The number of nitrogens with zero attached hydrogens (tertiary/aromatic N) is 1. The van der Waals surface area contributed by atoms with Crippen LogP contribution in [0.3, 0.4) is 0 Å². The van der Waals surface area contributed by atoms with Gasteiger partial charge < -0.3 is 10.6 Å². The molecule has 20 heavy (non-hydrogen) atoms. The van der Waals surface area contributed by atoms with Gasteiger partial charge in [0.05, 0.1) is 6.04 Å². The standard InChI is InChI=1S/C18H24N2/c1-4-6-14-9-11-15(12-10-14)18(19)16-7-5-8-17(13-16)20(2)3/h5,7-13,18H,4,6,19H2,1-3H3. The van der Waals surface area contributed by atoms with E-state index in [0.717, 1.165) is 12.0 Å². The molecule has 0 aliphatic rings. The summed E-state index contributed by atoms with van der Waals surface area (Å²) in [5.74, 6) is 0. The molecule has 1 unspecified atom stereocenters. The molecular weight excluding hydrogens is 244 g/mol. The largest absolute Gasteiger partial charge is 0.378 e. The molecule has 0 fully saturated rings. The van der Waals surface area contributed by atoms with Crippen LogP contribution in [0.25, 0.3) is 0 Å². The van der Waals surface area contributed by atoms with Gasteiger partial charge in [-0.3, -0.25) is 0 Å². The monoisotopic (exact) mass is 268 g/mol. The van der Waals surface area contributed by atoms with Crippen molar-refractivity contribution in [2.75, 3.05) is 19.0 Å². The van der Waals surface area contributed by atoms with E-state index in [1.807, 2.05) is 14.1 Å². The molecule has 0 aliphatic heterocycles. The quantitative estimate of drug-likeness (QED) is 0.894. The molecule has 0 spiro atoms. The Morgan fingerprint density at radius 1 is 1.00 bits per heavy atom. The zero-order valence-corrected chi connectivity index (χ0v) is 12.6. The van der Waals surface area contributed by atoms with Gasteiger partial charge in [0.15, 0.2) is 0 Å². The van der Waals surface area contributed by atoms with Crippen LogP contribution in [-0.2, 0) is 6.42 Å². The molecule has 0 saturated heterocycles. The average molecular weight is 268 g/mol. The van der Waals surface area contributed by atoms with Gasteiger partial charge in [-0.15, -0.1) is 0 Å². The first-order valence-electron chi connectivity index (χ1n) is 7.23. The summed E-state index contributed by atoms with van der Waals surface area (Å²) in [6, 6.07) is 17.0. The highest BCUT2D eigenvalue weighted by Gasteiger charge is 2.09. The molecule has 2 rings (SSSR count). The van der Waals surface area contributed by atoms with E-state index in [1.54, 1.807) is 0 Å². The van der Waals surface area contributed by atoms with Gasteiger partial charge in [-0.2, -0.15) is 0 Å². The fourth-order valence-corrected chi connectivity index (χ4v) is 2.37. The maximum Gasteiger partial charge on any atom is 0.0552 e. The third kappa shape index (κ3) is 3.40. The Morgan fingerprint density at radius 2 is 1.70 bits per heavy atom. The second-order valence-electron chi connectivity index (χ2n) is 5.46. The Morgan fingerprint density at radius 3 is 2.30 bits per heavy atom. The minimum Gasteiger partial charge on any atom is -0.378 e. The lowest BCUT2D eigenvalue weighted by Gasteiger charge is -2.17. The number of benzene rings is 2. The van der Waals surface area contributed by atoms with Crippen molar-refractivity contribution in [3.63, 3.8) is 0 Å². The summed E-state index contributed by atoms with van der Waals surface area (Å²) < 4.78 is 0. The van der Waals surface area contributed by atoms with E-state index >= 15 is 0 Å². The van der Waals surface area contributed by atoms with Gasteiger partial charge in [-0.25, -0.2) is 0 Å². The zero-order valence-electron chi connectivity index (χ0n) is 12.6. The smallest absolute Gasteiger partial charge is 0.0552 e. The molecule has 2 N–H and O–H groups in total. The van der Waals surface area contributed by atoms with E-state index in [2.05, 4.69) is 60.4 Å². The van der Waals surface area contributed by atoms with Gasteiger partial charge in [0.1, 0.15) is 0 Å². The maximum atomic E-state index is 6.39. The Labute approximate surface area is 122 Å². The van der Waals surface area contributed by atoms with Crippen molar-refractivity contribution >= 4 is 5.69 Å². The van der Waals surface area contributed by atoms with E-state index in [9.17, 15) is 0 Å². The van der Waals surface area contributed by atoms with Crippen molar-refractivity contribution in [1.29, 1.82) is 0 Å². The second kappa shape index (κ2) is 6.58. The molecule has 0 aliphatic carbocycles. The number of anilines is 1. The van der Waals surface area contributed by atoms with Crippen molar-refractivity contribution in [1.82, 2.24) is 0 Å². The lowest BCUT2D eigenvalue weighted by molar-refractivity contribution is 0.864. The normalized spacial score (nSPS) is 12.2. The molecule has 0 amide bonds. The lowest BCUT2D eigenvalue weighted by atomic mass is 9.97. The molecule has 2 aromatic rings. The number of hydrogen-bond donors (Lipinski definition) is 1. The Hall–Kier alpha value is -1.80. The van der Waals surface area contributed by atoms with E-state index in [0.29, 0.717) is 0 Å². The van der Waals surface area contributed by atoms with Crippen molar-refractivity contribution in [3.8, 4) is 0 Å². The van der Waals surface area contributed by atoms with Gasteiger partial charge in [-0.05, 0) is 35.2 Å². The summed E-state index contributed by atoms with van der Waals surface area (Å²) in [6.45, 7) is 2.20. The van der Waals surface area contributed by atoms with Crippen LogP contribution in [0, 0.1) is 0 Å².